The molecule has 0 aromatic carbocycles. The lowest BCUT2D eigenvalue weighted by atomic mass is 9.98. The van der Waals surface area contributed by atoms with Crippen LogP contribution in [0.3, 0.4) is 0 Å². The van der Waals surface area contributed by atoms with E-state index in [1.54, 1.807) is 0 Å². The number of carbonyl (C=O) groups excluding carboxylic acids is 1. The Balaban J connectivity index is 2.69. The van der Waals surface area contributed by atoms with Crippen molar-refractivity contribution in [3.05, 3.63) is 0 Å². The molecule has 88 valence electrons. The van der Waals surface area contributed by atoms with E-state index in [0.29, 0.717) is 0 Å². The zero-order valence-electron chi connectivity index (χ0n) is 10.3. The van der Waals surface area contributed by atoms with Gasteiger partial charge in [0.2, 0.25) is 5.91 Å². The van der Waals surface area contributed by atoms with E-state index in [1.165, 1.54) is 0 Å². The maximum atomic E-state index is 11.8. The smallest absolute Gasteiger partial charge is 0.237 e. The number of nitrogens with zero attached hydrogens (tertiary/aromatic N) is 1. The van der Waals surface area contributed by atoms with Crippen LogP contribution < -0.4 is 10.6 Å². The van der Waals surface area contributed by atoms with Crippen molar-refractivity contribution in [2.75, 3.05) is 26.7 Å². The van der Waals surface area contributed by atoms with Gasteiger partial charge in [0, 0.05) is 18.6 Å². The van der Waals surface area contributed by atoms with Crippen molar-refractivity contribution in [1.82, 2.24) is 15.5 Å². The van der Waals surface area contributed by atoms with Crippen LogP contribution in [0.4, 0.5) is 0 Å². The lowest BCUT2D eigenvalue weighted by molar-refractivity contribution is -0.132. The maximum absolute atomic E-state index is 11.8. The Morgan fingerprint density at radius 3 is 2.73 bits per heavy atom. The number of amides is 1. The Kier molecular flexibility index (Phi) is 4.11. The molecule has 0 aliphatic carbocycles. The van der Waals surface area contributed by atoms with Crippen LogP contribution in [0.1, 0.15) is 27.2 Å². The topological polar surface area (TPSA) is 44.4 Å². The lowest BCUT2D eigenvalue weighted by Gasteiger charge is -2.43. The first-order valence-corrected chi connectivity index (χ1v) is 5.66. The van der Waals surface area contributed by atoms with Gasteiger partial charge in [-0.1, -0.05) is 0 Å². The number of carbonyl (C=O) groups is 1. The van der Waals surface area contributed by atoms with E-state index in [1.807, 2.05) is 7.05 Å². The first-order chi connectivity index (χ1) is 6.96. The highest BCUT2D eigenvalue weighted by atomic mass is 16.2. The third-order valence-electron chi connectivity index (χ3n) is 2.86. The number of hydrogen-bond acceptors (Lipinski definition) is 3. The third-order valence-corrected chi connectivity index (χ3v) is 2.86. The van der Waals surface area contributed by atoms with Crippen molar-refractivity contribution in [2.45, 2.75) is 38.8 Å². The molecule has 0 spiro atoms. The maximum Gasteiger partial charge on any atom is 0.237 e. The van der Waals surface area contributed by atoms with Crippen molar-refractivity contribution in [2.24, 2.45) is 0 Å². The van der Waals surface area contributed by atoms with Crippen molar-refractivity contribution in [3.8, 4) is 0 Å². The van der Waals surface area contributed by atoms with Gasteiger partial charge in [0.1, 0.15) is 0 Å². The van der Waals surface area contributed by atoms with Crippen LogP contribution in [0, 0.1) is 0 Å². The predicted molar refractivity (Wildman–Crippen MR) is 61.8 cm³/mol. The summed E-state index contributed by atoms with van der Waals surface area (Å²) < 4.78 is 0. The molecule has 0 saturated carbocycles. The van der Waals surface area contributed by atoms with E-state index in [0.717, 1.165) is 26.1 Å². The fourth-order valence-corrected chi connectivity index (χ4v) is 2.09. The summed E-state index contributed by atoms with van der Waals surface area (Å²) in [7, 11) is 1.92. The number of piperazine rings is 1. The Hall–Kier alpha value is -0.610. The Morgan fingerprint density at radius 2 is 2.20 bits per heavy atom. The molecule has 1 rings (SSSR count). The average molecular weight is 213 g/mol. The molecule has 1 amide bonds. The summed E-state index contributed by atoms with van der Waals surface area (Å²) in [6, 6.07) is 0.0196. The standard InChI is InChI=1S/C11H23N3O/c1-11(2,3)14-8-7-13-10(15)9(14)5-6-12-4/h9,12H,5-8H2,1-4H3,(H,13,15). The van der Waals surface area contributed by atoms with E-state index < -0.39 is 0 Å². The summed E-state index contributed by atoms with van der Waals surface area (Å²) in [5, 5.41) is 6.04. The molecule has 1 aliphatic rings. The molecule has 0 radical (unpaired) electrons. The minimum atomic E-state index is 0.0196. The summed E-state index contributed by atoms with van der Waals surface area (Å²) in [5.41, 5.74) is 0.0656. The van der Waals surface area contributed by atoms with Crippen LogP contribution in [-0.2, 0) is 4.79 Å². The first-order valence-electron chi connectivity index (χ1n) is 5.66. The Labute approximate surface area is 92.4 Å². The molecule has 1 saturated heterocycles. The molecule has 0 bridgehead atoms. The summed E-state index contributed by atoms with van der Waals surface area (Å²) in [6.45, 7) is 9.09. The molecule has 1 fully saturated rings. The van der Waals surface area contributed by atoms with Crippen molar-refractivity contribution < 1.29 is 4.79 Å². The minimum Gasteiger partial charge on any atom is -0.353 e. The molecular formula is C11H23N3O. The van der Waals surface area contributed by atoms with E-state index in [4.69, 9.17) is 0 Å². The van der Waals surface area contributed by atoms with Gasteiger partial charge in [0.25, 0.3) is 0 Å². The van der Waals surface area contributed by atoms with Gasteiger partial charge in [-0.2, -0.15) is 0 Å². The van der Waals surface area contributed by atoms with Crippen LogP contribution in [0.2, 0.25) is 0 Å². The minimum absolute atomic E-state index is 0.0196. The summed E-state index contributed by atoms with van der Waals surface area (Å²) in [4.78, 5) is 14.1. The molecule has 15 heavy (non-hydrogen) atoms. The highest BCUT2D eigenvalue weighted by Gasteiger charge is 2.35. The van der Waals surface area contributed by atoms with Crippen LogP contribution in [0.15, 0.2) is 0 Å². The van der Waals surface area contributed by atoms with Gasteiger partial charge in [0.15, 0.2) is 0 Å². The van der Waals surface area contributed by atoms with Gasteiger partial charge in [0.05, 0.1) is 6.04 Å². The molecule has 0 aromatic heterocycles. The second-order valence-corrected chi connectivity index (χ2v) is 5.06. The summed E-state index contributed by atoms with van der Waals surface area (Å²) >= 11 is 0. The monoisotopic (exact) mass is 213 g/mol. The largest absolute Gasteiger partial charge is 0.353 e. The van der Waals surface area contributed by atoms with Crippen LogP contribution in [0.5, 0.6) is 0 Å². The number of hydrogen-bond donors (Lipinski definition) is 2. The average Bonchev–Trinajstić information content (AvgIpc) is 2.14. The molecule has 1 atom stereocenters. The Morgan fingerprint density at radius 1 is 1.53 bits per heavy atom. The zero-order chi connectivity index (χ0) is 11.5. The predicted octanol–water partition coefficient (Wildman–Crippen LogP) is 0.195. The second kappa shape index (κ2) is 4.94. The molecule has 2 N–H and O–H groups in total. The first kappa shape index (κ1) is 12.5. The molecule has 1 heterocycles. The fourth-order valence-electron chi connectivity index (χ4n) is 2.09. The van der Waals surface area contributed by atoms with Gasteiger partial charge in [-0.15, -0.1) is 0 Å². The van der Waals surface area contributed by atoms with Crippen LogP contribution >= 0.6 is 0 Å². The quantitative estimate of drug-likeness (QED) is 0.703. The molecule has 1 aliphatic heterocycles. The van der Waals surface area contributed by atoms with Crippen LogP contribution in [0.25, 0.3) is 0 Å². The second-order valence-electron chi connectivity index (χ2n) is 5.06. The lowest BCUT2D eigenvalue weighted by Crippen LogP contribution is -2.61. The van der Waals surface area contributed by atoms with E-state index in [9.17, 15) is 4.79 Å². The van der Waals surface area contributed by atoms with Crippen molar-refractivity contribution in [3.63, 3.8) is 0 Å². The van der Waals surface area contributed by atoms with Gasteiger partial charge >= 0.3 is 0 Å². The van der Waals surface area contributed by atoms with E-state index >= 15 is 0 Å². The van der Waals surface area contributed by atoms with Crippen molar-refractivity contribution in [1.29, 1.82) is 0 Å². The fraction of sp³-hybridized carbons (Fsp3) is 0.909. The van der Waals surface area contributed by atoms with Gasteiger partial charge in [-0.05, 0) is 40.8 Å². The highest BCUT2D eigenvalue weighted by Crippen LogP contribution is 2.20. The molecule has 4 nitrogen and oxygen atoms in total. The number of rotatable bonds is 3. The van der Waals surface area contributed by atoms with Crippen molar-refractivity contribution >= 4 is 5.91 Å². The number of nitrogens with one attached hydrogen (secondary N) is 2. The molecule has 1 unspecified atom stereocenters. The summed E-state index contributed by atoms with van der Waals surface area (Å²) in [6.07, 6.45) is 0.875. The highest BCUT2D eigenvalue weighted by molar-refractivity contribution is 5.82. The van der Waals surface area contributed by atoms with Gasteiger partial charge < -0.3 is 10.6 Å². The SMILES string of the molecule is CNCCC1C(=O)NCCN1C(C)(C)C. The normalized spacial score (nSPS) is 24.0. The van der Waals surface area contributed by atoms with Gasteiger partial charge in [-0.25, -0.2) is 0 Å². The van der Waals surface area contributed by atoms with Crippen LogP contribution in [-0.4, -0.2) is 49.1 Å². The molecular weight excluding hydrogens is 190 g/mol. The van der Waals surface area contributed by atoms with E-state index in [-0.39, 0.29) is 17.5 Å². The zero-order valence-corrected chi connectivity index (χ0v) is 10.3. The Bertz CT molecular complexity index is 222. The third kappa shape index (κ3) is 3.18. The van der Waals surface area contributed by atoms with Gasteiger partial charge in [-0.3, -0.25) is 9.69 Å². The molecule has 0 aromatic rings. The van der Waals surface area contributed by atoms with E-state index in [2.05, 4.69) is 36.3 Å². The summed E-state index contributed by atoms with van der Waals surface area (Å²) in [5.74, 6) is 0.173. The molecule has 4 heteroatoms.